The summed E-state index contributed by atoms with van der Waals surface area (Å²) in [6.07, 6.45) is 1.82. The molecule has 0 amide bonds. The number of nitrogens with two attached hydrogens (primary N) is 1. The lowest BCUT2D eigenvalue weighted by atomic mass is 10.1. The highest BCUT2D eigenvalue weighted by Crippen LogP contribution is 2.25. The van der Waals surface area contributed by atoms with E-state index in [4.69, 9.17) is 5.73 Å². The second-order valence-electron chi connectivity index (χ2n) is 4.82. The summed E-state index contributed by atoms with van der Waals surface area (Å²) < 4.78 is 0. The Hall–Kier alpha value is -1.87. The Kier molecular flexibility index (Phi) is 4.17. The number of aryl methyl sites for hydroxylation is 1. The molecule has 19 heavy (non-hydrogen) atoms. The fourth-order valence-corrected chi connectivity index (χ4v) is 2.07. The maximum Gasteiger partial charge on any atom is 0.133 e. The summed E-state index contributed by atoms with van der Waals surface area (Å²) in [4.78, 5) is 6.65. The molecule has 0 aliphatic carbocycles. The van der Waals surface area contributed by atoms with Crippen LogP contribution in [-0.4, -0.2) is 11.5 Å². The van der Waals surface area contributed by atoms with Crippen LogP contribution < -0.4 is 10.6 Å². The summed E-state index contributed by atoms with van der Waals surface area (Å²) in [5, 5.41) is 0. The minimum absolute atomic E-state index is 0.0264. The third-order valence-electron chi connectivity index (χ3n) is 3.23. The van der Waals surface area contributed by atoms with E-state index in [1.807, 2.05) is 19.2 Å². The maximum atomic E-state index is 5.94. The van der Waals surface area contributed by atoms with Gasteiger partial charge in [0, 0.05) is 24.5 Å². The quantitative estimate of drug-likeness (QED) is 0.908. The van der Waals surface area contributed by atoms with Crippen molar-refractivity contribution in [2.75, 3.05) is 11.4 Å². The van der Waals surface area contributed by atoms with Gasteiger partial charge in [-0.25, -0.2) is 4.98 Å². The van der Waals surface area contributed by atoms with Crippen molar-refractivity contribution < 1.29 is 0 Å². The van der Waals surface area contributed by atoms with E-state index in [1.165, 1.54) is 5.56 Å². The minimum Gasteiger partial charge on any atom is -0.327 e. The SMILES string of the molecule is CCN(c1ccc(C)cc1)c1cc([C@@H](C)N)ccn1. The maximum absolute atomic E-state index is 5.94. The highest BCUT2D eigenvalue weighted by atomic mass is 15.2. The number of hydrogen-bond donors (Lipinski definition) is 1. The Bertz CT molecular complexity index is 532. The Morgan fingerprint density at radius 2 is 1.89 bits per heavy atom. The molecule has 0 aliphatic heterocycles. The molecule has 2 rings (SSSR count). The van der Waals surface area contributed by atoms with Gasteiger partial charge in [-0.1, -0.05) is 17.7 Å². The van der Waals surface area contributed by atoms with E-state index in [0.29, 0.717) is 0 Å². The number of nitrogens with zero attached hydrogens (tertiary/aromatic N) is 2. The Balaban J connectivity index is 2.36. The Labute approximate surface area is 115 Å². The zero-order valence-electron chi connectivity index (χ0n) is 11.8. The Morgan fingerprint density at radius 1 is 1.21 bits per heavy atom. The summed E-state index contributed by atoms with van der Waals surface area (Å²) in [6.45, 7) is 7.08. The lowest BCUT2D eigenvalue weighted by Gasteiger charge is -2.23. The van der Waals surface area contributed by atoms with Crippen LogP contribution in [0.25, 0.3) is 0 Å². The van der Waals surface area contributed by atoms with Crippen LogP contribution in [0.15, 0.2) is 42.6 Å². The smallest absolute Gasteiger partial charge is 0.133 e. The molecule has 2 aromatic rings. The van der Waals surface area contributed by atoms with Crippen LogP contribution in [0, 0.1) is 6.92 Å². The molecule has 3 heteroatoms. The van der Waals surface area contributed by atoms with Gasteiger partial charge in [-0.15, -0.1) is 0 Å². The van der Waals surface area contributed by atoms with Crippen LogP contribution in [0.2, 0.25) is 0 Å². The predicted octanol–water partition coefficient (Wildman–Crippen LogP) is 3.57. The van der Waals surface area contributed by atoms with E-state index < -0.39 is 0 Å². The molecule has 1 aromatic carbocycles. The number of benzene rings is 1. The summed E-state index contributed by atoms with van der Waals surface area (Å²) in [6, 6.07) is 12.5. The topological polar surface area (TPSA) is 42.1 Å². The van der Waals surface area contributed by atoms with Crippen molar-refractivity contribution in [3.63, 3.8) is 0 Å². The molecule has 0 spiro atoms. The number of rotatable bonds is 4. The van der Waals surface area contributed by atoms with Crippen LogP contribution in [0.5, 0.6) is 0 Å². The molecule has 0 saturated heterocycles. The third kappa shape index (κ3) is 3.12. The molecule has 0 bridgehead atoms. The lowest BCUT2D eigenvalue weighted by Crippen LogP contribution is -2.18. The van der Waals surface area contributed by atoms with Gasteiger partial charge in [0.1, 0.15) is 5.82 Å². The molecule has 0 aliphatic rings. The van der Waals surface area contributed by atoms with Gasteiger partial charge in [0.25, 0.3) is 0 Å². The van der Waals surface area contributed by atoms with E-state index in [9.17, 15) is 0 Å². The first-order valence-corrected chi connectivity index (χ1v) is 6.67. The van der Waals surface area contributed by atoms with Crippen molar-refractivity contribution in [1.82, 2.24) is 4.98 Å². The molecule has 0 saturated carbocycles. The van der Waals surface area contributed by atoms with Crippen LogP contribution in [-0.2, 0) is 0 Å². The van der Waals surface area contributed by atoms with E-state index >= 15 is 0 Å². The van der Waals surface area contributed by atoms with Crippen molar-refractivity contribution >= 4 is 11.5 Å². The molecule has 2 N–H and O–H groups in total. The molecule has 3 nitrogen and oxygen atoms in total. The van der Waals surface area contributed by atoms with Gasteiger partial charge in [0.2, 0.25) is 0 Å². The lowest BCUT2D eigenvalue weighted by molar-refractivity contribution is 0.813. The summed E-state index contributed by atoms with van der Waals surface area (Å²) >= 11 is 0. The van der Waals surface area contributed by atoms with Gasteiger partial charge < -0.3 is 10.6 Å². The average molecular weight is 255 g/mol. The summed E-state index contributed by atoms with van der Waals surface area (Å²) in [5.41, 5.74) is 9.46. The van der Waals surface area contributed by atoms with Gasteiger partial charge in [-0.05, 0) is 50.6 Å². The molecule has 1 atom stereocenters. The molecule has 100 valence electrons. The zero-order valence-corrected chi connectivity index (χ0v) is 11.8. The largest absolute Gasteiger partial charge is 0.327 e. The van der Waals surface area contributed by atoms with Crippen molar-refractivity contribution in [2.45, 2.75) is 26.8 Å². The van der Waals surface area contributed by atoms with Crippen molar-refractivity contribution in [3.8, 4) is 0 Å². The van der Waals surface area contributed by atoms with E-state index in [0.717, 1.165) is 23.6 Å². The normalized spacial score (nSPS) is 12.2. The fraction of sp³-hybridized carbons (Fsp3) is 0.312. The van der Waals surface area contributed by atoms with E-state index in [1.54, 1.807) is 0 Å². The third-order valence-corrected chi connectivity index (χ3v) is 3.23. The van der Waals surface area contributed by atoms with Gasteiger partial charge in [-0.2, -0.15) is 0 Å². The van der Waals surface area contributed by atoms with Crippen LogP contribution >= 0.6 is 0 Å². The molecular formula is C16H21N3. The summed E-state index contributed by atoms with van der Waals surface area (Å²) in [5.74, 6) is 0.946. The predicted molar refractivity (Wildman–Crippen MR) is 80.7 cm³/mol. The Morgan fingerprint density at radius 3 is 2.47 bits per heavy atom. The molecular weight excluding hydrogens is 234 g/mol. The highest BCUT2D eigenvalue weighted by molar-refractivity contribution is 5.60. The van der Waals surface area contributed by atoms with Crippen molar-refractivity contribution in [2.24, 2.45) is 5.73 Å². The highest BCUT2D eigenvalue weighted by Gasteiger charge is 2.10. The molecule has 1 aromatic heterocycles. The standard InChI is InChI=1S/C16H21N3/c1-4-19(15-7-5-12(2)6-8-15)16-11-14(13(3)17)9-10-18-16/h5-11,13H,4,17H2,1-3H3/t13-/m1/s1. The molecule has 1 heterocycles. The number of aromatic nitrogens is 1. The van der Waals surface area contributed by atoms with Gasteiger partial charge in [-0.3, -0.25) is 0 Å². The van der Waals surface area contributed by atoms with Crippen LogP contribution in [0.3, 0.4) is 0 Å². The average Bonchev–Trinajstić information content (AvgIpc) is 2.42. The fourth-order valence-electron chi connectivity index (χ4n) is 2.07. The molecule has 0 unspecified atom stereocenters. The van der Waals surface area contributed by atoms with E-state index in [-0.39, 0.29) is 6.04 Å². The van der Waals surface area contributed by atoms with Crippen LogP contribution in [0.1, 0.15) is 31.0 Å². The first-order chi connectivity index (χ1) is 9.11. The first kappa shape index (κ1) is 13.6. The second kappa shape index (κ2) is 5.85. The number of anilines is 2. The van der Waals surface area contributed by atoms with Crippen molar-refractivity contribution in [3.05, 3.63) is 53.7 Å². The zero-order chi connectivity index (χ0) is 13.8. The van der Waals surface area contributed by atoms with E-state index in [2.05, 4.69) is 54.1 Å². The second-order valence-corrected chi connectivity index (χ2v) is 4.82. The van der Waals surface area contributed by atoms with Gasteiger partial charge >= 0.3 is 0 Å². The number of hydrogen-bond acceptors (Lipinski definition) is 3. The van der Waals surface area contributed by atoms with Crippen LogP contribution in [0.4, 0.5) is 11.5 Å². The first-order valence-electron chi connectivity index (χ1n) is 6.67. The minimum atomic E-state index is 0.0264. The van der Waals surface area contributed by atoms with Crippen molar-refractivity contribution in [1.29, 1.82) is 0 Å². The molecule has 0 fully saturated rings. The summed E-state index contributed by atoms with van der Waals surface area (Å²) in [7, 11) is 0. The van der Waals surface area contributed by atoms with Gasteiger partial charge in [0.05, 0.1) is 0 Å². The molecule has 0 radical (unpaired) electrons. The monoisotopic (exact) mass is 255 g/mol. The van der Waals surface area contributed by atoms with Gasteiger partial charge in [0.15, 0.2) is 0 Å². The number of pyridine rings is 1.